The molecule has 1 amide bonds. The minimum Gasteiger partial charge on any atom is -0.481 e. The zero-order chi connectivity index (χ0) is 15.2. The number of aliphatic carboxylic acids is 1. The van der Waals surface area contributed by atoms with Gasteiger partial charge in [0.15, 0.2) is 0 Å². The van der Waals surface area contributed by atoms with Crippen molar-refractivity contribution in [3.63, 3.8) is 0 Å². The van der Waals surface area contributed by atoms with Crippen molar-refractivity contribution in [2.75, 3.05) is 0 Å². The second-order valence-corrected chi connectivity index (χ2v) is 6.26. The molecular weight excluding hydrogens is 254 g/mol. The van der Waals surface area contributed by atoms with Gasteiger partial charge in [-0.3, -0.25) is 9.59 Å². The minimum absolute atomic E-state index is 0.103. The first-order valence-electron chi connectivity index (χ1n) is 7.98. The van der Waals surface area contributed by atoms with Gasteiger partial charge in [0.25, 0.3) is 0 Å². The van der Waals surface area contributed by atoms with Gasteiger partial charge < -0.3 is 10.4 Å². The molecule has 4 heteroatoms. The largest absolute Gasteiger partial charge is 0.481 e. The third-order valence-electron chi connectivity index (χ3n) is 4.91. The summed E-state index contributed by atoms with van der Waals surface area (Å²) in [5.41, 5.74) is -0.823. The Balaban J connectivity index is 2.61. The number of hydrogen-bond donors (Lipinski definition) is 2. The van der Waals surface area contributed by atoms with Crippen LogP contribution in [0, 0.1) is 11.3 Å². The third-order valence-corrected chi connectivity index (χ3v) is 4.91. The highest BCUT2D eigenvalue weighted by Gasteiger charge is 2.41. The van der Waals surface area contributed by atoms with E-state index in [4.69, 9.17) is 0 Å². The van der Waals surface area contributed by atoms with Gasteiger partial charge in [-0.25, -0.2) is 0 Å². The molecule has 116 valence electrons. The Morgan fingerprint density at radius 1 is 1.15 bits per heavy atom. The summed E-state index contributed by atoms with van der Waals surface area (Å²) in [6, 6.07) is 0.118. The van der Waals surface area contributed by atoms with Gasteiger partial charge in [-0.05, 0) is 25.7 Å². The van der Waals surface area contributed by atoms with Crippen molar-refractivity contribution in [2.45, 2.75) is 78.2 Å². The summed E-state index contributed by atoms with van der Waals surface area (Å²) >= 11 is 0. The van der Waals surface area contributed by atoms with Crippen LogP contribution >= 0.6 is 0 Å². The fourth-order valence-electron chi connectivity index (χ4n) is 3.42. The van der Waals surface area contributed by atoms with Gasteiger partial charge in [0.05, 0.1) is 5.41 Å². The van der Waals surface area contributed by atoms with E-state index in [1.54, 1.807) is 0 Å². The van der Waals surface area contributed by atoms with Crippen molar-refractivity contribution < 1.29 is 14.7 Å². The van der Waals surface area contributed by atoms with Crippen LogP contribution in [0.1, 0.15) is 72.1 Å². The van der Waals surface area contributed by atoms with E-state index in [2.05, 4.69) is 19.2 Å². The van der Waals surface area contributed by atoms with Crippen LogP contribution in [0.3, 0.4) is 0 Å². The fraction of sp³-hybridized carbons (Fsp3) is 0.875. The van der Waals surface area contributed by atoms with Gasteiger partial charge in [-0.15, -0.1) is 0 Å². The first-order chi connectivity index (χ1) is 9.45. The number of carboxylic acids is 1. The lowest BCUT2D eigenvalue weighted by molar-refractivity contribution is -0.154. The van der Waals surface area contributed by atoms with Crippen molar-refractivity contribution in [3.8, 4) is 0 Å². The molecule has 0 aliphatic heterocycles. The average molecular weight is 283 g/mol. The van der Waals surface area contributed by atoms with Crippen LogP contribution < -0.4 is 5.32 Å². The molecule has 0 aromatic rings. The quantitative estimate of drug-likeness (QED) is 0.753. The second kappa shape index (κ2) is 7.65. The highest BCUT2D eigenvalue weighted by Crippen LogP contribution is 2.39. The van der Waals surface area contributed by atoms with Gasteiger partial charge in [0.1, 0.15) is 0 Å². The van der Waals surface area contributed by atoms with Crippen LogP contribution in [-0.2, 0) is 9.59 Å². The van der Waals surface area contributed by atoms with E-state index in [0.29, 0.717) is 18.8 Å². The second-order valence-electron chi connectivity index (χ2n) is 6.26. The zero-order valence-corrected chi connectivity index (χ0v) is 13.1. The van der Waals surface area contributed by atoms with Crippen LogP contribution in [0.25, 0.3) is 0 Å². The molecule has 0 heterocycles. The van der Waals surface area contributed by atoms with Crippen LogP contribution in [0.15, 0.2) is 0 Å². The molecule has 0 aromatic carbocycles. The molecule has 1 aliphatic rings. The Bertz CT molecular complexity index is 331. The molecule has 1 atom stereocenters. The highest BCUT2D eigenvalue weighted by atomic mass is 16.4. The van der Waals surface area contributed by atoms with Crippen molar-refractivity contribution in [2.24, 2.45) is 11.3 Å². The molecule has 1 unspecified atom stereocenters. The number of carbonyl (C=O) groups is 2. The number of carbonyl (C=O) groups excluding carboxylic acids is 1. The first-order valence-corrected chi connectivity index (χ1v) is 7.98. The van der Waals surface area contributed by atoms with E-state index >= 15 is 0 Å². The lowest BCUT2D eigenvalue weighted by atomic mass is 9.71. The fourth-order valence-corrected chi connectivity index (χ4v) is 3.42. The Hall–Kier alpha value is -1.06. The maximum Gasteiger partial charge on any atom is 0.310 e. The number of amides is 1. The zero-order valence-electron chi connectivity index (χ0n) is 13.1. The molecular formula is C16H29NO3. The van der Waals surface area contributed by atoms with E-state index in [0.717, 1.165) is 32.1 Å². The van der Waals surface area contributed by atoms with E-state index < -0.39 is 11.4 Å². The Labute approximate surface area is 122 Å². The third kappa shape index (κ3) is 4.22. The topological polar surface area (TPSA) is 66.4 Å². The lowest BCUT2D eigenvalue weighted by Gasteiger charge is -2.33. The van der Waals surface area contributed by atoms with Gasteiger partial charge in [0.2, 0.25) is 5.91 Å². The molecule has 1 saturated carbocycles. The van der Waals surface area contributed by atoms with E-state index in [1.165, 1.54) is 0 Å². The summed E-state index contributed by atoms with van der Waals surface area (Å²) in [7, 11) is 0. The normalized spacial score (nSPS) is 19.6. The molecule has 1 fully saturated rings. The van der Waals surface area contributed by atoms with E-state index in [-0.39, 0.29) is 18.4 Å². The van der Waals surface area contributed by atoms with Crippen molar-refractivity contribution in [1.82, 2.24) is 5.32 Å². The van der Waals surface area contributed by atoms with Crippen LogP contribution in [0.5, 0.6) is 0 Å². The van der Waals surface area contributed by atoms with Gasteiger partial charge >= 0.3 is 5.97 Å². The van der Waals surface area contributed by atoms with Gasteiger partial charge in [-0.1, -0.05) is 46.0 Å². The molecule has 20 heavy (non-hydrogen) atoms. The number of nitrogens with one attached hydrogen (secondary N) is 1. The molecule has 0 spiro atoms. The minimum atomic E-state index is -0.823. The van der Waals surface area contributed by atoms with Gasteiger partial charge in [0, 0.05) is 12.5 Å². The van der Waals surface area contributed by atoms with Crippen molar-refractivity contribution in [3.05, 3.63) is 0 Å². The Kier molecular flexibility index (Phi) is 6.50. The standard InChI is InChI=1S/C16H29NO3/c1-4-13(5-2)12(3)17-14(18)11-16(15(19)20)9-7-6-8-10-16/h12-13H,4-11H2,1-3H3,(H,17,18)(H,19,20). The molecule has 2 N–H and O–H groups in total. The number of hydrogen-bond acceptors (Lipinski definition) is 2. The maximum absolute atomic E-state index is 12.2. The van der Waals surface area contributed by atoms with Crippen LogP contribution in [0.2, 0.25) is 0 Å². The number of carboxylic acid groups (broad SMARTS) is 1. The van der Waals surface area contributed by atoms with Gasteiger partial charge in [-0.2, -0.15) is 0 Å². The van der Waals surface area contributed by atoms with E-state index in [1.807, 2.05) is 6.92 Å². The maximum atomic E-state index is 12.2. The molecule has 0 radical (unpaired) electrons. The molecule has 1 aliphatic carbocycles. The molecule has 0 saturated heterocycles. The summed E-state index contributed by atoms with van der Waals surface area (Å²) in [4.78, 5) is 23.8. The SMILES string of the molecule is CCC(CC)C(C)NC(=O)CC1(C(=O)O)CCCCC1. The van der Waals surface area contributed by atoms with Crippen molar-refractivity contribution in [1.29, 1.82) is 0 Å². The summed E-state index contributed by atoms with van der Waals surface area (Å²) in [5.74, 6) is -0.442. The monoisotopic (exact) mass is 283 g/mol. The summed E-state index contributed by atoms with van der Waals surface area (Å²) in [5, 5.41) is 12.5. The van der Waals surface area contributed by atoms with Crippen LogP contribution in [-0.4, -0.2) is 23.0 Å². The first kappa shape index (κ1) is 17.0. The van der Waals surface area contributed by atoms with E-state index in [9.17, 15) is 14.7 Å². The van der Waals surface area contributed by atoms with Crippen molar-refractivity contribution >= 4 is 11.9 Å². The molecule has 0 aromatic heterocycles. The average Bonchev–Trinajstić information content (AvgIpc) is 2.40. The molecule has 4 nitrogen and oxygen atoms in total. The highest BCUT2D eigenvalue weighted by molar-refractivity contribution is 5.85. The summed E-state index contributed by atoms with van der Waals surface area (Å²) < 4.78 is 0. The predicted molar refractivity (Wildman–Crippen MR) is 79.4 cm³/mol. The Morgan fingerprint density at radius 2 is 1.70 bits per heavy atom. The molecule has 1 rings (SSSR count). The smallest absolute Gasteiger partial charge is 0.310 e. The predicted octanol–water partition coefficient (Wildman–Crippen LogP) is 3.35. The number of rotatable bonds is 7. The summed E-state index contributed by atoms with van der Waals surface area (Å²) in [6.07, 6.45) is 6.38. The Morgan fingerprint density at radius 3 is 2.15 bits per heavy atom. The molecule has 0 bridgehead atoms. The summed E-state index contributed by atoms with van der Waals surface area (Å²) in [6.45, 7) is 6.26. The van der Waals surface area contributed by atoms with Crippen LogP contribution in [0.4, 0.5) is 0 Å². The lowest BCUT2D eigenvalue weighted by Crippen LogP contribution is -2.43.